The van der Waals surface area contributed by atoms with Crippen LogP contribution in [0.1, 0.15) is 13.8 Å². The molecule has 0 heterocycles. The van der Waals surface area contributed by atoms with E-state index < -0.39 is 0 Å². The molecular formula is C5H15I2N. The first-order chi connectivity index (χ1) is 3.73. The van der Waals surface area contributed by atoms with Gasteiger partial charge in [0.25, 0.3) is 0 Å². The topological polar surface area (TPSA) is 3.24 Å². The van der Waals surface area contributed by atoms with Crippen LogP contribution in [0.4, 0.5) is 0 Å². The predicted octanol–water partition coefficient (Wildman–Crippen LogP) is 2.98. The maximum absolute atomic E-state index is 2.12. The minimum Gasteiger partial charge on any atom is -0.312 e. The van der Waals surface area contributed by atoms with Gasteiger partial charge in [0.1, 0.15) is 0 Å². The predicted molar refractivity (Wildman–Crippen MR) is 59.0 cm³/mol. The average Bonchev–Trinajstić information content (AvgIpc) is 1.75. The SMILES string of the molecule is CC.CN(C)C.II. The van der Waals surface area contributed by atoms with Gasteiger partial charge in [0.05, 0.1) is 0 Å². The van der Waals surface area contributed by atoms with E-state index in [1.165, 1.54) is 0 Å². The Hall–Kier alpha value is 1.42. The minimum atomic E-state index is 2.00. The van der Waals surface area contributed by atoms with Crippen molar-refractivity contribution in [3.8, 4) is 0 Å². The molecule has 0 fully saturated rings. The molecule has 0 aromatic heterocycles. The standard InChI is InChI=1S/C3H9N.C2H6.I2/c1-4(2)3;2*1-2/h1-3H3;1-2H3;. The summed E-state index contributed by atoms with van der Waals surface area (Å²) in [4.78, 5) is 2.00. The molecule has 0 aliphatic carbocycles. The molecule has 1 nitrogen and oxygen atoms in total. The van der Waals surface area contributed by atoms with Gasteiger partial charge in [0, 0.05) is 37.2 Å². The van der Waals surface area contributed by atoms with Crippen LogP contribution in [0.15, 0.2) is 0 Å². The normalized spacial score (nSPS) is 6.00. The van der Waals surface area contributed by atoms with Crippen molar-refractivity contribution in [3.05, 3.63) is 0 Å². The molecule has 3 heteroatoms. The summed E-state index contributed by atoms with van der Waals surface area (Å²) in [7, 11) is 6.00. The summed E-state index contributed by atoms with van der Waals surface area (Å²) in [6.45, 7) is 4.00. The molecule has 0 N–H and O–H groups in total. The third kappa shape index (κ3) is 152. The molecule has 0 atom stereocenters. The van der Waals surface area contributed by atoms with Crippen LogP contribution in [0.2, 0.25) is 0 Å². The van der Waals surface area contributed by atoms with E-state index in [0.717, 1.165) is 0 Å². The fourth-order valence-corrected chi connectivity index (χ4v) is 0. The number of hydrogen-bond acceptors (Lipinski definition) is 1. The van der Waals surface area contributed by atoms with E-state index in [2.05, 4.69) is 37.2 Å². The van der Waals surface area contributed by atoms with E-state index in [9.17, 15) is 0 Å². The van der Waals surface area contributed by atoms with E-state index in [0.29, 0.717) is 0 Å². The fraction of sp³-hybridized carbons (Fsp3) is 1.00. The summed E-state index contributed by atoms with van der Waals surface area (Å²) < 4.78 is 0. The number of hydrogen-bond donors (Lipinski definition) is 0. The molecule has 0 aliphatic heterocycles. The molecular weight excluding hydrogens is 328 g/mol. The Morgan fingerprint density at radius 1 is 0.875 bits per heavy atom. The summed E-state index contributed by atoms with van der Waals surface area (Å²) >= 11 is 4.24. The van der Waals surface area contributed by atoms with Crippen LogP contribution in [-0.2, 0) is 0 Å². The summed E-state index contributed by atoms with van der Waals surface area (Å²) in [5, 5.41) is 0. The van der Waals surface area contributed by atoms with Gasteiger partial charge >= 0.3 is 0 Å². The van der Waals surface area contributed by atoms with Crippen molar-refractivity contribution in [1.82, 2.24) is 4.90 Å². The summed E-state index contributed by atoms with van der Waals surface area (Å²) in [6.07, 6.45) is 0. The second kappa shape index (κ2) is 23.7. The zero-order valence-electron chi connectivity index (χ0n) is 6.20. The van der Waals surface area contributed by atoms with Gasteiger partial charge in [-0.1, -0.05) is 13.8 Å². The van der Waals surface area contributed by atoms with Gasteiger partial charge in [0.15, 0.2) is 0 Å². The summed E-state index contributed by atoms with van der Waals surface area (Å²) in [5.74, 6) is 0. The zero-order valence-corrected chi connectivity index (χ0v) is 10.5. The van der Waals surface area contributed by atoms with Crippen molar-refractivity contribution in [2.24, 2.45) is 0 Å². The van der Waals surface area contributed by atoms with Crippen LogP contribution in [0.3, 0.4) is 0 Å². The van der Waals surface area contributed by atoms with Crippen molar-refractivity contribution in [3.63, 3.8) is 0 Å². The van der Waals surface area contributed by atoms with Crippen molar-refractivity contribution in [2.75, 3.05) is 21.1 Å². The van der Waals surface area contributed by atoms with E-state index >= 15 is 0 Å². The van der Waals surface area contributed by atoms with Crippen LogP contribution in [0.5, 0.6) is 0 Å². The lowest BCUT2D eigenvalue weighted by Gasteiger charge is -1.90. The molecule has 0 saturated carbocycles. The molecule has 0 bridgehead atoms. The van der Waals surface area contributed by atoms with E-state index in [1.807, 2.05) is 39.9 Å². The molecule has 0 rings (SSSR count). The lowest BCUT2D eigenvalue weighted by molar-refractivity contribution is 0.505. The summed E-state index contributed by atoms with van der Waals surface area (Å²) in [6, 6.07) is 0. The first-order valence-electron chi connectivity index (χ1n) is 2.48. The molecule has 0 aliphatic rings. The van der Waals surface area contributed by atoms with Crippen LogP contribution < -0.4 is 0 Å². The highest BCUT2D eigenvalue weighted by Gasteiger charge is 1.58. The van der Waals surface area contributed by atoms with Crippen molar-refractivity contribution in [2.45, 2.75) is 13.8 Å². The van der Waals surface area contributed by atoms with Gasteiger partial charge in [0.2, 0.25) is 0 Å². The molecule has 0 aromatic rings. The third-order valence-electron chi connectivity index (χ3n) is 0. The molecule has 0 aromatic carbocycles. The smallest absolute Gasteiger partial charge is 0 e. The van der Waals surface area contributed by atoms with Gasteiger partial charge in [-0.05, 0) is 21.1 Å². The number of nitrogens with zero attached hydrogens (tertiary/aromatic N) is 1. The maximum Gasteiger partial charge on any atom is 0 e. The number of halogens is 2. The van der Waals surface area contributed by atoms with E-state index in [-0.39, 0.29) is 0 Å². The van der Waals surface area contributed by atoms with Crippen LogP contribution in [0.25, 0.3) is 0 Å². The van der Waals surface area contributed by atoms with Gasteiger partial charge < -0.3 is 4.90 Å². The molecule has 8 heavy (non-hydrogen) atoms. The Bertz CT molecular complexity index is 15.1. The van der Waals surface area contributed by atoms with Gasteiger partial charge in [-0.2, -0.15) is 0 Å². The Labute approximate surface area is 76.5 Å². The first kappa shape index (κ1) is 16.2. The Balaban J connectivity index is -0.0000000542. The van der Waals surface area contributed by atoms with Crippen molar-refractivity contribution < 1.29 is 0 Å². The highest BCUT2D eigenvalue weighted by Crippen LogP contribution is 1.89. The molecule has 0 spiro atoms. The molecule has 0 radical (unpaired) electrons. The van der Waals surface area contributed by atoms with E-state index in [1.54, 1.807) is 0 Å². The van der Waals surface area contributed by atoms with Crippen LogP contribution in [-0.4, -0.2) is 26.0 Å². The highest BCUT2D eigenvalue weighted by atomic mass is 128. The van der Waals surface area contributed by atoms with Gasteiger partial charge in [-0.15, -0.1) is 0 Å². The monoisotopic (exact) mass is 343 g/mol. The molecule has 0 unspecified atom stereocenters. The quantitative estimate of drug-likeness (QED) is 0.612. The average molecular weight is 343 g/mol. The van der Waals surface area contributed by atoms with E-state index in [4.69, 9.17) is 0 Å². The Morgan fingerprint density at radius 3 is 0.875 bits per heavy atom. The Kier molecular flexibility index (Phi) is 48.1. The lowest BCUT2D eigenvalue weighted by atomic mass is 11.0. The highest BCUT2D eigenvalue weighted by molar-refractivity contribution is 15.0. The van der Waals surface area contributed by atoms with Crippen molar-refractivity contribution in [1.29, 1.82) is 0 Å². The number of rotatable bonds is 0. The molecule has 54 valence electrons. The second-order valence-electron chi connectivity index (χ2n) is 1.34. The lowest BCUT2D eigenvalue weighted by Crippen LogP contribution is -1.99. The van der Waals surface area contributed by atoms with Crippen molar-refractivity contribution >= 4 is 37.2 Å². The minimum absolute atomic E-state index is 2.00. The largest absolute Gasteiger partial charge is 0.312 e. The third-order valence-corrected chi connectivity index (χ3v) is 0. The van der Waals surface area contributed by atoms with Gasteiger partial charge in [-0.3, -0.25) is 0 Å². The Morgan fingerprint density at radius 2 is 0.875 bits per heavy atom. The van der Waals surface area contributed by atoms with Gasteiger partial charge in [-0.25, -0.2) is 0 Å². The summed E-state index contributed by atoms with van der Waals surface area (Å²) in [5.41, 5.74) is 0. The molecule has 0 amide bonds. The second-order valence-corrected chi connectivity index (χ2v) is 1.34. The molecule has 0 saturated heterocycles. The van der Waals surface area contributed by atoms with Crippen LogP contribution in [0, 0.1) is 0 Å². The zero-order chi connectivity index (χ0) is 7.58. The first-order valence-corrected chi connectivity index (χ1v) is 8.77. The fourth-order valence-electron chi connectivity index (χ4n) is 0. The maximum atomic E-state index is 2.12. The van der Waals surface area contributed by atoms with Crippen LogP contribution >= 0.6 is 37.2 Å².